The number of nitrogens with zero attached hydrogens (tertiary/aromatic N) is 5. The Balaban J connectivity index is 0.00000569. The molecule has 0 aliphatic heterocycles. The third kappa shape index (κ3) is 7.90. The van der Waals surface area contributed by atoms with E-state index in [4.69, 9.17) is 9.97 Å². The van der Waals surface area contributed by atoms with Gasteiger partial charge < -0.3 is 14.2 Å². The molecule has 0 aliphatic carbocycles. The van der Waals surface area contributed by atoms with E-state index in [1.165, 1.54) is 16.3 Å². The summed E-state index contributed by atoms with van der Waals surface area (Å²) in [4.78, 5) is 10.7. The summed E-state index contributed by atoms with van der Waals surface area (Å²) >= 11 is 0. The Morgan fingerprint density at radius 2 is 1.05 bits per heavy atom. The molecule has 0 bridgehead atoms. The summed E-state index contributed by atoms with van der Waals surface area (Å²) in [6.45, 7) is 13.2. The first-order chi connectivity index (χ1) is 35.9. The van der Waals surface area contributed by atoms with Crippen molar-refractivity contribution in [3.8, 4) is 67.7 Å². The Kier molecular flexibility index (Phi) is 11.6. The van der Waals surface area contributed by atoms with Crippen molar-refractivity contribution in [1.29, 1.82) is 0 Å². The second-order valence-corrected chi connectivity index (χ2v) is 21.5. The van der Waals surface area contributed by atoms with Gasteiger partial charge in [-0.3, -0.25) is 9.55 Å². The monoisotopic (exact) mass is 1150 g/mol. The van der Waals surface area contributed by atoms with E-state index in [0.717, 1.165) is 100 Å². The molecule has 13 rings (SSSR count). The predicted molar refractivity (Wildman–Crippen MR) is 307 cm³/mol. The molecule has 4 aromatic heterocycles. The van der Waals surface area contributed by atoms with Crippen molar-refractivity contribution in [2.75, 3.05) is 0 Å². The van der Waals surface area contributed by atoms with Gasteiger partial charge in [-0.1, -0.05) is 174 Å². The summed E-state index contributed by atoms with van der Waals surface area (Å²) in [5.74, 6) is 0.903. The van der Waals surface area contributed by atoms with Crippen LogP contribution in [-0.2, 0) is 31.9 Å². The van der Waals surface area contributed by atoms with Crippen LogP contribution in [0.2, 0.25) is 0 Å². The molecule has 0 saturated carbocycles. The SMILES string of the molecule is CC(C)(C)c1cc(-c2nc3c(-c4[c-]c(-c5cc(-c6cccc7c8ccccc8n(-c8ccccc8)c67)ccn5)ccc4)cccc3n2-c2cccc3c2c2ccccc2n3-c2ccccc2)c(O)c(C(C)(C)C)c1.[Pt]. The largest absolute Gasteiger partial charge is 0.507 e. The molecule has 0 fully saturated rings. The van der Waals surface area contributed by atoms with Crippen LogP contribution in [0.3, 0.4) is 0 Å². The second-order valence-electron chi connectivity index (χ2n) is 21.5. The van der Waals surface area contributed by atoms with Gasteiger partial charge in [-0.05, 0) is 88.7 Å². The first-order valence-electron chi connectivity index (χ1n) is 25.5. The molecule has 0 spiro atoms. The van der Waals surface area contributed by atoms with E-state index < -0.39 is 0 Å². The molecule has 75 heavy (non-hydrogen) atoms. The van der Waals surface area contributed by atoms with Gasteiger partial charge in [0.25, 0.3) is 0 Å². The number of benzene rings is 9. The number of pyridine rings is 1. The maximum Gasteiger partial charge on any atom is 0.148 e. The molecule has 9 aromatic carbocycles. The molecule has 7 heteroatoms. The van der Waals surface area contributed by atoms with Crippen LogP contribution in [-0.4, -0.2) is 28.8 Å². The van der Waals surface area contributed by atoms with Crippen LogP contribution in [0.1, 0.15) is 52.7 Å². The molecule has 368 valence electrons. The number of para-hydroxylation sites is 6. The summed E-state index contributed by atoms with van der Waals surface area (Å²) in [5, 5.41) is 17.3. The average molecular weight is 1150 g/mol. The van der Waals surface area contributed by atoms with E-state index in [1.807, 2.05) is 6.20 Å². The molecule has 1 N–H and O–H groups in total. The fourth-order valence-electron chi connectivity index (χ4n) is 11.2. The third-order valence-corrected chi connectivity index (χ3v) is 14.8. The van der Waals surface area contributed by atoms with E-state index >= 15 is 0 Å². The molecule has 0 amide bonds. The van der Waals surface area contributed by atoms with Crippen molar-refractivity contribution in [1.82, 2.24) is 23.7 Å². The summed E-state index contributed by atoms with van der Waals surface area (Å²) in [7, 11) is 0. The van der Waals surface area contributed by atoms with E-state index in [2.05, 4.69) is 268 Å². The maximum atomic E-state index is 12.7. The minimum Gasteiger partial charge on any atom is -0.507 e. The molecular formula is C68H54N5OPt-. The summed E-state index contributed by atoms with van der Waals surface area (Å²) in [6.07, 6.45) is 1.91. The number of fused-ring (bicyclic) bond motifs is 7. The van der Waals surface area contributed by atoms with Gasteiger partial charge >= 0.3 is 0 Å². The quantitative estimate of drug-likeness (QED) is 0.162. The van der Waals surface area contributed by atoms with Gasteiger partial charge in [-0.2, -0.15) is 0 Å². The number of hydrogen-bond donors (Lipinski definition) is 1. The summed E-state index contributed by atoms with van der Waals surface area (Å²) < 4.78 is 7.01. The molecule has 0 aliphatic rings. The number of aromatic nitrogens is 5. The van der Waals surface area contributed by atoms with Crippen molar-refractivity contribution in [3.63, 3.8) is 0 Å². The van der Waals surface area contributed by atoms with Crippen LogP contribution in [0.5, 0.6) is 5.75 Å². The normalized spacial score (nSPS) is 12.1. The van der Waals surface area contributed by atoms with Gasteiger partial charge in [-0.25, -0.2) is 4.98 Å². The van der Waals surface area contributed by atoms with Crippen LogP contribution in [0.4, 0.5) is 0 Å². The number of imidazole rings is 1. The summed E-state index contributed by atoms with van der Waals surface area (Å²) in [6, 6.07) is 76.8. The Bertz CT molecular complexity index is 4340. The van der Waals surface area contributed by atoms with E-state index in [1.54, 1.807) is 0 Å². The van der Waals surface area contributed by atoms with Crippen molar-refractivity contribution in [2.24, 2.45) is 0 Å². The average Bonchev–Trinajstić information content (AvgIpc) is 4.11. The van der Waals surface area contributed by atoms with Crippen LogP contribution in [0.15, 0.2) is 212 Å². The zero-order chi connectivity index (χ0) is 50.5. The third-order valence-electron chi connectivity index (χ3n) is 14.8. The van der Waals surface area contributed by atoms with Gasteiger partial charge in [0, 0.05) is 77.0 Å². The molecule has 0 radical (unpaired) electrons. The molecular weight excluding hydrogens is 1100 g/mol. The number of hydrogen-bond acceptors (Lipinski definition) is 3. The van der Waals surface area contributed by atoms with Gasteiger partial charge in [-0.15, -0.1) is 29.8 Å². The van der Waals surface area contributed by atoms with Gasteiger partial charge in [0.1, 0.15) is 11.6 Å². The standard InChI is InChI=1S/C68H54N5O.Pt/c1-67(2,3)46-41-54(65(74)55(42-46)68(4,5)6)66-70-63-49(29-19-36-61(63)73(66)60-35-20-34-59-62(60)53-28-14-16-33-58(53)71(59)47-23-9-7-10-24-47)43-21-17-22-45(39-43)56-40-44(37-38-69-56)50-30-18-31-52-51-27-13-15-32-57(51)72(64(50)52)48-25-11-8-12-26-48;/h7-38,40-42,74H,1-6H3;/q-1;. The van der Waals surface area contributed by atoms with Gasteiger partial charge in [0.15, 0.2) is 0 Å². The van der Waals surface area contributed by atoms with Crippen LogP contribution in [0.25, 0.3) is 117 Å². The molecule has 0 unspecified atom stereocenters. The molecule has 6 nitrogen and oxygen atoms in total. The van der Waals surface area contributed by atoms with E-state index in [0.29, 0.717) is 11.4 Å². The first-order valence-corrected chi connectivity index (χ1v) is 25.5. The van der Waals surface area contributed by atoms with Crippen LogP contribution in [0, 0.1) is 6.07 Å². The second kappa shape index (κ2) is 18.3. The Hall–Kier alpha value is -8.31. The molecule has 0 atom stereocenters. The predicted octanol–water partition coefficient (Wildman–Crippen LogP) is 17.4. The van der Waals surface area contributed by atoms with Crippen molar-refractivity contribution in [2.45, 2.75) is 52.4 Å². The zero-order valence-electron chi connectivity index (χ0n) is 42.7. The topological polar surface area (TPSA) is 60.8 Å². The number of aromatic hydroxyl groups is 1. The van der Waals surface area contributed by atoms with E-state index in [-0.39, 0.29) is 37.6 Å². The summed E-state index contributed by atoms with van der Waals surface area (Å²) in [5.41, 5.74) is 17.3. The first kappa shape index (κ1) is 47.7. The van der Waals surface area contributed by atoms with Crippen molar-refractivity contribution in [3.05, 3.63) is 230 Å². The van der Waals surface area contributed by atoms with Crippen molar-refractivity contribution >= 4 is 54.6 Å². The minimum atomic E-state index is -0.348. The van der Waals surface area contributed by atoms with Gasteiger partial charge in [0.2, 0.25) is 0 Å². The molecule has 0 saturated heterocycles. The Morgan fingerprint density at radius 1 is 0.467 bits per heavy atom. The van der Waals surface area contributed by atoms with Crippen molar-refractivity contribution < 1.29 is 26.2 Å². The van der Waals surface area contributed by atoms with Crippen LogP contribution >= 0.6 is 0 Å². The molecule has 4 heterocycles. The van der Waals surface area contributed by atoms with E-state index in [9.17, 15) is 5.11 Å². The smallest absolute Gasteiger partial charge is 0.148 e. The minimum absolute atomic E-state index is 0. The van der Waals surface area contributed by atoms with Crippen LogP contribution < -0.4 is 0 Å². The molecule has 13 aromatic rings. The zero-order valence-corrected chi connectivity index (χ0v) is 45.0. The fourth-order valence-corrected chi connectivity index (χ4v) is 11.2. The van der Waals surface area contributed by atoms with Gasteiger partial charge in [0.05, 0.1) is 44.4 Å². The Morgan fingerprint density at radius 3 is 1.79 bits per heavy atom. The Labute approximate surface area is 451 Å². The number of phenolic OH excluding ortho intramolecular Hbond substituents is 1. The number of rotatable bonds is 7. The fraction of sp³-hybridized carbons (Fsp3) is 0.118. The number of phenols is 1. The maximum absolute atomic E-state index is 12.7.